The summed E-state index contributed by atoms with van der Waals surface area (Å²) in [5, 5.41) is 29.6. The summed E-state index contributed by atoms with van der Waals surface area (Å²) >= 11 is 0. The number of benzene rings is 3. The molecule has 0 spiro atoms. The standard InChI is InChI=1S/C24H20N6O7/c1-15-9-18(13-25-27-23(31)16-5-3-7-20(11-16)29(33)34)22(37-2)19(10-15)14-26-28-24(32)17-6-4-8-21(12-17)30(35)36/h3-14H,1-2H3,(H,27,31)(H,28,32)/b25-13+,26-14+. The highest BCUT2D eigenvalue weighted by atomic mass is 16.6. The van der Waals surface area contributed by atoms with Crippen molar-refractivity contribution in [3.63, 3.8) is 0 Å². The number of hydrazone groups is 2. The van der Waals surface area contributed by atoms with Crippen molar-refractivity contribution < 1.29 is 24.2 Å². The van der Waals surface area contributed by atoms with Crippen molar-refractivity contribution in [3.8, 4) is 5.75 Å². The number of non-ortho nitro benzene ring substituents is 2. The molecule has 0 fully saturated rings. The third-order valence-corrected chi connectivity index (χ3v) is 4.87. The normalized spacial score (nSPS) is 10.9. The SMILES string of the molecule is COc1c(/C=N/NC(=O)c2cccc([N+](=O)[O-])c2)cc(C)cc1/C=N/NC(=O)c1cccc([N+](=O)[O-])c1. The summed E-state index contributed by atoms with van der Waals surface area (Å²) in [7, 11) is 1.42. The second-order valence-electron chi connectivity index (χ2n) is 7.49. The van der Waals surface area contributed by atoms with E-state index in [2.05, 4.69) is 21.1 Å². The fraction of sp³-hybridized carbons (Fsp3) is 0.0833. The van der Waals surface area contributed by atoms with Gasteiger partial charge in [-0.05, 0) is 36.8 Å². The summed E-state index contributed by atoms with van der Waals surface area (Å²) in [6, 6.07) is 13.9. The summed E-state index contributed by atoms with van der Waals surface area (Å²) in [5.41, 5.74) is 6.05. The van der Waals surface area contributed by atoms with Crippen LogP contribution in [0.5, 0.6) is 5.75 Å². The van der Waals surface area contributed by atoms with Crippen molar-refractivity contribution in [2.24, 2.45) is 10.2 Å². The number of nitro benzene ring substituents is 2. The van der Waals surface area contributed by atoms with E-state index in [1.165, 1.54) is 55.9 Å². The molecule has 0 aromatic heterocycles. The molecular formula is C24H20N6O7. The van der Waals surface area contributed by atoms with E-state index in [1.54, 1.807) is 19.1 Å². The average Bonchev–Trinajstić information content (AvgIpc) is 2.88. The number of amides is 2. The molecular weight excluding hydrogens is 484 g/mol. The zero-order valence-corrected chi connectivity index (χ0v) is 19.6. The van der Waals surface area contributed by atoms with Gasteiger partial charge in [-0.3, -0.25) is 29.8 Å². The van der Waals surface area contributed by atoms with Crippen LogP contribution in [0.15, 0.2) is 70.9 Å². The van der Waals surface area contributed by atoms with Crippen LogP contribution < -0.4 is 15.6 Å². The van der Waals surface area contributed by atoms with Crippen molar-refractivity contribution in [2.45, 2.75) is 6.92 Å². The minimum Gasteiger partial charge on any atom is -0.495 e. The number of carbonyl (C=O) groups excluding carboxylic acids is 2. The molecule has 2 N–H and O–H groups in total. The molecule has 0 atom stereocenters. The molecule has 0 saturated heterocycles. The van der Waals surface area contributed by atoms with E-state index in [9.17, 15) is 29.8 Å². The van der Waals surface area contributed by atoms with Crippen molar-refractivity contribution >= 4 is 35.6 Å². The maximum absolute atomic E-state index is 12.3. The third-order valence-electron chi connectivity index (χ3n) is 4.87. The van der Waals surface area contributed by atoms with Crippen LogP contribution >= 0.6 is 0 Å². The van der Waals surface area contributed by atoms with Gasteiger partial charge in [-0.25, -0.2) is 10.9 Å². The Morgan fingerprint density at radius 2 is 1.24 bits per heavy atom. The lowest BCUT2D eigenvalue weighted by Gasteiger charge is -2.10. The Bertz CT molecular complexity index is 1330. The van der Waals surface area contributed by atoms with Crippen LogP contribution in [0.2, 0.25) is 0 Å². The van der Waals surface area contributed by atoms with Gasteiger partial charge >= 0.3 is 0 Å². The fourth-order valence-corrected chi connectivity index (χ4v) is 3.23. The minimum atomic E-state index is -0.641. The summed E-state index contributed by atoms with van der Waals surface area (Å²) in [4.78, 5) is 45.2. The van der Waals surface area contributed by atoms with Gasteiger partial charge in [0.25, 0.3) is 23.2 Å². The lowest BCUT2D eigenvalue weighted by Crippen LogP contribution is -2.18. The summed E-state index contributed by atoms with van der Waals surface area (Å²) < 4.78 is 5.44. The molecule has 3 aromatic carbocycles. The van der Waals surface area contributed by atoms with Gasteiger partial charge in [-0.2, -0.15) is 10.2 Å². The van der Waals surface area contributed by atoms with E-state index in [0.717, 1.165) is 17.7 Å². The second-order valence-corrected chi connectivity index (χ2v) is 7.49. The van der Waals surface area contributed by atoms with Gasteiger partial charge in [0.15, 0.2) is 0 Å². The molecule has 0 bridgehead atoms. The Balaban J connectivity index is 1.74. The largest absolute Gasteiger partial charge is 0.495 e. The van der Waals surface area contributed by atoms with Gasteiger partial charge < -0.3 is 4.74 Å². The first-order valence-electron chi connectivity index (χ1n) is 10.5. The van der Waals surface area contributed by atoms with E-state index in [0.29, 0.717) is 16.9 Å². The van der Waals surface area contributed by atoms with E-state index >= 15 is 0 Å². The monoisotopic (exact) mass is 504 g/mol. The molecule has 0 saturated carbocycles. The van der Waals surface area contributed by atoms with Crippen LogP contribution in [0, 0.1) is 27.2 Å². The number of ether oxygens (including phenoxy) is 1. The van der Waals surface area contributed by atoms with Crippen LogP contribution in [0.4, 0.5) is 11.4 Å². The number of rotatable bonds is 9. The van der Waals surface area contributed by atoms with E-state index in [1.807, 2.05) is 0 Å². The smallest absolute Gasteiger partial charge is 0.271 e. The van der Waals surface area contributed by atoms with Crippen molar-refractivity contribution in [2.75, 3.05) is 7.11 Å². The Hall–Kier alpha value is -5.46. The minimum absolute atomic E-state index is 0.0647. The van der Waals surface area contributed by atoms with Gasteiger partial charge in [0.1, 0.15) is 5.75 Å². The van der Waals surface area contributed by atoms with E-state index in [-0.39, 0.29) is 22.5 Å². The van der Waals surface area contributed by atoms with Crippen LogP contribution in [-0.4, -0.2) is 41.2 Å². The first kappa shape index (κ1) is 26.2. The molecule has 3 rings (SSSR count). The van der Waals surface area contributed by atoms with Crippen molar-refractivity contribution in [3.05, 3.63) is 109 Å². The Morgan fingerprint density at radius 3 is 1.62 bits per heavy atom. The lowest BCUT2D eigenvalue weighted by molar-refractivity contribution is -0.385. The number of hydrogen-bond acceptors (Lipinski definition) is 9. The maximum Gasteiger partial charge on any atom is 0.271 e. The van der Waals surface area contributed by atoms with Crippen molar-refractivity contribution in [1.82, 2.24) is 10.9 Å². The summed E-state index contributed by atoms with van der Waals surface area (Å²) in [6.45, 7) is 1.80. The Kier molecular flexibility index (Phi) is 8.33. The summed E-state index contributed by atoms with van der Waals surface area (Å²) in [6.07, 6.45) is 2.67. The van der Waals surface area contributed by atoms with Gasteiger partial charge in [0.05, 0.1) is 29.4 Å². The highest BCUT2D eigenvalue weighted by Crippen LogP contribution is 2.23. The Morgan fingerprint density at radius 1 is 0.811 bits per heavy atom. The molecule has 0 heterocycles. The van der Waals surface area contributed by atoms with Crippen LogP contribution in [0.25, 0.3) is 0 Å². The topological polar surface area (TPSA) is 178 Å². The first-order chi connectivity index (χ1) is 17.7. The predicted molar refractivity (Wildman–Crippen MR) is 134 cm³/mol. The molecule has 0 aliphatic heterocycles. The first-order valence-corrected chi connectivity index (χ1v) is 10.5. The Labute approximate surface area is 209 Å². The van der Waals surface area contributed by atoms with Crippen molar-refractivity contribution in [1.29, 1.82) is 0 Å². The molecule has 188 valence electrons. The molecule has 2 amide bonds. The predicted octanol–water partition coefficient (Wildman–Crippen LogP) is 3.35. The maximum atomic E-state index is 12.3. The quantitative estimate of drug-likeness (QED) is 0.255. The highest BCUT2D eigenvalue weighted by Gasteiger charge is 2.13. The zero-order chi connectivity index (χ0) is 26.9. The van der Waals surface area contributed by atoms with E-state index < -0.39 is 21.7 Å². The second kappa shape index (κ2) is 11.8. The summed E-state index contributed by atoms with van der Waals surface area (Å²) in [5.74, 6) is -0.943. The number of hydrogen-bond donors (Lipinski definition) is 2. The van der Waals surface area contributed by atoms with Crippen LogP contribution in [0.3, 0.4) is 0 Å². The molecule has 0 radical (unpaired) electrons. The molecule has 0 unspecified atom stereocenters. The van der Waals surface area contributed by atoms with Gasteiger partial charge in [0.2, 0.25) is 0 Å². The van der Waals surface area contributed by atoms with Gasteiger partial charge in [0, 0.05) is 46.5 Å². The molecule has 0 aliphatic rings. The number of nitrogens with zero attached hydrogens (tertiary/aromatic N) is 4. The molecule has 37 heavy (non-hydrogen) atoms. The molecule has 0 aliphatic carbocycles. The van der Waals surface area contributed by atoms with Crippen LogP contribution in [0.1, 0.15) is 37.4 Å². The van der Waals surface area contributed by atoms with E-state index in [4.69, 9.17) is 4.74 Å². The molecule has 13 nitrogen and oxygen atoms in total. The lowest BCUT2D eigenvalue weighted by atomic mass is 10.1. The zero-order valence-electron chi connectivity index (χ0n) is 19.6. The fourth-order valence-electron chi connectivity index (χ4n) is 3.23. The highest BCUT2D eigenvalue weighted by molar-refractivity contribution is 5.98. The molecule has 3 aromatic rings. The van der Waals surface area contributed by atoms with Gasteiger partial charge in [-0.15, -0.1) is 0 Å². The third kappa shape index (κ3) is 6.79. The number of aryl methyl sites for hydroxylation is 1. The van der Waals surface area contributed by atoms with Crippen LogP contribution in [-0.2, 0) is 0 Å². The molecule has 13 heteroatoms. The average molecular weight is 504 g/mol. The number of nitrogens with one attached hydrogen (secondary N) is 2. The number of carbonyl (C=O) groups is 2. The van der Waals surface area contributed by atoms with Gasteiger partial charge in [-0.1, -0.05) is 12.1 Å². The number of methoxy groups -OCH3 is 1. The number of nitro groups is 2.